The number of carbonyl (C=O) groups excluding carboxylic acids is 2. The van der Waals surface area contributed by atoms with E-state index >= 15 is 0 Å². The predicted octanol–water partition coefficient (Wildman–Crippen LogP) is 4.19. The van der Waals surface area contributed by atoms with Gasteiger partial charge in [-0.05, 0) is 72.1 Å². The highest BCUT2D eigenvalue weighted by molar-refractivity contribution is 6.24. The van der Waals surface area contributed by atoms with E-state index < -0.39 is 17.2 Å². The van der Waals surface area contributed by atoms with Gasteiger partial charge in [0.1, 0.15) is 12.5 Å². The molecule has 1 aromatic carbocycles. The van der Waals surface area contributed by atoms with Crippen molar-refractivity contribution in [3.05, 3.63) is 40.6 Å². The summed E-state index contributed by atoms with van der Waals surface area (Å²) in [4.78, 5) is 27.8. The topological polar surface area (TPSA) is 65.1 Å². The lowest BCUT2D eigenvalue weighted by Gasteiger charge is -2.34. The van der Waals surface area contributed by atoms with Gasteiger partial charge in [-0.15, -0.1) is 0 Å². The van der Waals surface area contributed by atoms with Gasteiger partial charge in [-0.25, -0.2) is 0 Å². The molecule has 1 aliphatic rings. The standard InChI is InChI=1S/C23H33NO5/c1-14-11-10-12-15(2)17(14)18-19(29-21(26)22(4,5)6)23(7,8)24(20(18)25)13-28-16(3)27-9/h10-12,16H,13H2,1-9H3. The molecular formula is C23H33NO5. The van der Waals surface area contributed by atoms with Gasteiger partial charge in [0, 0.05) is 7.11 Å². The maximum atomic E-state index is 13.5. The summed E-state index contributed by atoms with van der Waals surface area (Å²) in [6.07, 6.45) is -0.469. The zero-order chi connectivity index (χ0) is 22.1. The summed E-state index contributed by atoms with van der Waals surface area (Å²) in [5.41, 5.74) is 1.53. The van der Waals surface area contributed by atoms with E-state index in [1.165, 1.54) is 0 Å². The molecule has 0 fully saturated rings. The number of carbonyl (C=O) groups is 2. The van der Waals surface area contributed by atoms with Crippen LogP contribution in [-0.2, 0) is 23.8 Å². The third-order valence-corrected chi connectivity index (χ3v) is 5.23. The van der Waals surface area contributed by atoms with E-state index in [4.69, 9.17) is 14.2 Å². The lowest BCUT2D eigenvalue weighted by Crippen LogP contribution is -2.46. The number of methoxy groups -OCH3 is 1. The molecule has 0 saturated carbocycles. The van der Waals surface area contributed by atoms with Gasteiger partial charge < -0.3 is 19.1 Å². The first-order valence-corrected chi connectivity index (χ1v) is 9.82. The fourth-order valence-corrected chi connectivity index (χ4v) is 3.23. The van der Waals surface area contributed by atoms with Gasteiger partial charge in [0.2, 0.25) is 0 Å². The van der Waals surface area contributed by atoms with E-state index in [1.54, 1.807) is 39.7 Å². The van der Waals surface area contributed by atoms with Crippen LogP contribution >= 0.6 is 0 Å². The number of benzene rings is 1. The molecule has 1 unspecified atom stereocenters. The zero-order valence-corrected chi connectivity index (χ0v) is 19.0. The van der Waals surface area contributed by atoms with Gasteiger partial charge in [0.25, 0.3) is 5.91 Å². The second-order valence-electron chi connectivity index (χ2n) is 9.00. The van der Waals surface area contributed by atoms with Crippen LogP contribution in [0.15, 0.2) is 24.0 Å². The van der Waals surface area contributed by atoms with Gasteiger partial charge in [-0.2, -0.15) is 0 Å². The van der Waals surface area contributed by atoms with Crippen LogP contribution in [0.5, 0.6) is 0 Å². The monoisotopic (exact) mass is 403 g/mol. The summed E-state index contributed by atoms with van der Waals surface area (Å²) in [6, 6.07) is 5.84. The van der Waals surface area contributed by atoms with Crippen molar-refractivity contribution in [2.45, 2.75) is 67.2 Å². The predicted molar refractivity (Wildman–Crippen MR) is 112 cm³/mol. The molecule has 29 heavy (non-hydrogen) atoms. The van der Waals surface area contributed by atoms with Crippen LogP contribution in [0.3, 0.4) is 0 Å². The van der Waals surface area contributed by atoms with Crippen molar-refractivity contribution in [3.8, 4) is 0 Å². The third kappa shape index (κ3) is 4.54. The molecule has 1 heterocycles. The fourth-order valence-electron chi connectivity index (χ4n) is 3.23. The minimum Gasteiger partial charge on any atom is -0.427 e. The average molecular weight is 404 g/mol. The van der Waals surface area contributed by atoms with Crippen LogP contribution in [0.25, 0.3) is 5.57 Å². The normalized spacial score (nSPS) is 17.7. The summed E-state index contributed by atoms with van der Waals surface area (Å²) >= 11 is 0. The highest BCUT2D eigenvalue weighted by Crippen LogP contribution is 2.43. The van der Waals surface area contributed by atoms with E-state index in [1.807, 2.05) is 45.9 Å². The van der Waals surface area contributed by atoms with E-state index in [0.29, 0.717) is 11.3 Å². The van der Waals surface area contributed by atoms with Gasteiger partial charge in [-0.1, -0.05) is 18.2 Å². The first kappa shape index (κ1) is 23.1. The average Bonchev–Trinajstić information content (AvgIpc) is 2.78. The molecular weight excluding hydrogens is 370 g/mol. The molecule has 0 bridgehead atoms. The number of aryl methyl sites for hydroxylation is 2. The van der Waals surface area contributed by atoms with Crippen LogP contribution in [0.2, 0.25) is 0 Å². The van der Waals surface area contributed by atoms with E-state index in [9.17, 15) is 9.59 Å². The second kappa shape index (κ2) is 8.28. The maximum Gasteiger partial charge on any atom is 0.316 e. The van der Waals surface area contributed by atoms with Crippen LogP contribution in [0, 0.1) is 19.3 Å². The Morgan fingerprint density at radius 3 is 2.21 bits per heavy atom. The van der Waals surface area contributed by atoms with Crippen LogP contribution in [0.4, 0.5) is 0 Å². The number of ether oxygens (including phenoxy) is 3. The largest absolute Gasteiger partial charge is 0.427 e. The van der Waals surface area contributed by atoms with Crippen molar-refractivity contribution in [2.75, 3.05) is 13.8 Å². The summed E-state index contributed by atoms with van der Waals surface area (Å²) < 4.78 is 16.7. The SMILES string of the molecule is COC(C)OCN1C(=O)C(c2c(C)cccc2C)=C(OC(=O)C(C)(C)C)C1(C)C. The zero-order valence-electron chi connectivity index (χ0n) is 19.0. The molecule has 2 rings (SSSR count). The summed E-state index contributed by atoms with van der Waals surface area (Å²) in [7, 11) is 1.54. The van der Waals surface area contributed by atoms with E-state index in [2.05, 4.69) is 0 Å². The molecule has 160 valence electrons. The minimum absolute atomic E-state index is 0.0197. The Balaban J connectivity index is 2.61. The number of esters is 1. The Kier molecular flexibility index (Phi) is 6.60. The van der Waals surface area contributed by atoms with E-state index in [-0.39, 0.29) is 18.6 Å². The van der Waals surface area contributed by atoms with Gasteiger partial charge in [-0.3, -0.25) is 9.59 Å². The Morgan fingerprint density at radius 2 is 1.72 bits per heavy atom. The molecule has 0 radical (unpaired) electrons. The molecule has 1 aromatic rings. The molecule has 0 N–H and O–H groups in total. The number of nitrogens with zero attached hydrogens (tertiary/aromatic N) is 1. The van der Waals surface area contributed by atoms with Crippen molar-refractivity contribution < 1.29 is 23.8 Å². The molecule has 0 aliphatic carbocycles. The Bertz CT molecular complexity index is 812. The Morgan fingerprint density at radius 1 is 1.17 bits per heavy atom. The summed E-state index contributed by atoms with van der Waals surface area (Å²) in [6.45, 7) is 14.8. The molecule has 0 saturated heterocycles. The van der Waals surface area contributed by atoms with Gasteiger partial charge in [0.05, 0.1) is 16.5 Å². The molecule has 0 aromatic heterocycles. The molecule has 6 heteroatoms. The molecule has 0 spiro atoms. The number of hydrogen-bond donors (Lipinski definition) is 0. The molecule has 6 nitrogen and oxygen atoms in total. The fraction of sp³-hybridized carbons (Fsp3) is 0.565. The van der Waals surface area contributed by atoms with Crippen LogP contribution < -0.4 is 0 Å². The first-order valence-electron chi connectivity index (χ1n) is 9.82. The molecule has 1 atom stereocenters. The van der Waals surface area contributed by atoms with Crippen LogP contribution in [-0.4, -0.2) is 42.4 Å². The lowest BCUT2D eigenvalue weighted by molar-refractivity contribution is -0.166. The van der Waals surface area contributed by atoms with Crippen molar-refractivity contribution in [3.63, 3.8) is 0 Å². The second-order valence-corrected chi connectivity index (χ2v) is 9.00. The van der Waals surface area contributed by atoms with E-state index in [0.717, 1.165) is 16.7 Å². The Hall–Kier alpha value is -2.18. The molecule has 1 aliphatic heterocycles. The first-order chi connectivity index (χ1) is 13.3. The number of hydrogen-bond acceptors (Lipinski definition) is 5. The van der Waals surface area contributed by atoms with Crippen molar-refractivity contribution in [2.24, 2.45) is 5.41 Å². The highest BCUT2D eigenvalue weighted by Gasteiger charge is 2.49. The van der Waals surface area contributed by atoms with Crippen molar-refractivity contribution >= 4 is 17.4 Å². The van der Waals surface area contributed by atoms with Crippen molar-refractivity contribution in [1.82, 2.24) is 4.90 Å². The lowest BCUT2D eigenvalue weighted by atomic mass is 9.92. The minimum atomic E-state index is -0.866. The summed E-state index contributed by atoms with van der Waals surface area (Å²) in [5, 5.41) is 0. The van der Waals surface area contributed by atoms with Crippen LogP contribution in [0.1, 0.15) is 58.2 Å². The van der Waals surface area contributed by atoms with Crippen molar-refractivity contribution in [1.29, 1.82) is 0 Å². The summed E-state index contributed by atoms with van der Waals surface area (Å²) in [5.74, 6) is -0.258. The number of amides is 1. The maximum absolute atomic E-state index is 13.5. The molecule has 1 amide bonds. The third-order valence-electron chi connectivity index (χ3n) is 5.23. The van der Waals surface area contributed by atoms with Gasteiger partial charge in [0.15, 0.2) is 6.29 Å². The number of rotatable bonds is 6. The smallest absolute Gasteiger partial charge is 0.316 e. The quantitative estimate of drug-likeness (QED) is 0.526. The van der Waals surface area contributed by atoms with Gasteiger partial charge >= 0.3 is 5.97 Å². The highest BCUT2D eigenvalue weighted by atomic mass is 16.7. The Labute approximate surface area is 173 Å².